The topological polar surface area (TPSA) is 13.8 Å². The minimum atomic E-state index is 1.17. The number of aromatic nitrogens is 3. The van der Waals surface area contributed by atoms with Crippen molar-refractivity contribution in [2.45, 2.75) is 0 Å². The highest BCUT2D eigenvalue weighted by molar-refractivity contribution is 6.36. The second kappa shape index (κ2) is 8.28. The number of para-hydroxylation sites is 4. The van der Waals surface area contributed by atoms with E-state index in [1.165, 1.54) is 114 Å². The molecule has 0 atom stereocenters. The third-order valence-corrected chi connectivity index (χ3v) is 11.4. The van der Waals surface area contributed by atoms with Crippen LogP contribution in [0.5, 0.6) is 0 Å². The van der Waals surface area contributed by atoms with E-state index in [9.17, 15) is 0 Å². The Morgan fingerprint density at radius 1 is 0.286 bits per heavy atom. The van der Waals surface area contributed by atoms with Crippen LogP contribution in [0.25, 0.3) is 114 Å². The van der Waals surface area contributed by atoms with Crippen LogP contribution < -0.4 is 0 Å². The fourth-order valence-electron chi connectivity index (χ4n) is 9.58. The Labute approximate surface area is 278 Å². The van der Waals surface area contributed by atoms with E-state index in [0.29, 0.717) is 0 Å². The van der Waals surface area contributed by atoms with Gasteiger partial charge in [0.15, 0.2) is 0 Å². The summed E-state index contributed by atoms with van der Waals surface area (Å²) in [7, 11) is 0. The highest BCUT2D eigenvalue weighted by atomic mass is 15.0. The lowest BCUT2D eigenvalue weighted by Crippen LogP contribution is -1.95. The number of nitrogens with zero attached hydrogens (tertiary/aromatic N) is 3. The molecular formula is C46H25N3. The molecule has 0 aliphatic heterocycles. The zero-order valence-electron chi connectivity index (χ0n) is 26.3. The molecule has 0 aliphatic carbocycles. The minimum Gasteiger partial charge on any atom is -0.308 e. The van der Waals surface area contributed by atoms with Gasteiger partial charge in [0.05, 0.1) is 44.1 Å². The van der Waals surface area contributed by atoms with Crippen molar-refractivity contribution in [2.75, 3.05) is 0 Å². The lowest BCUT2D eigenvalue weighted by atomic mass is 9.99. The van der Waals surface area contributed by atoms with Crippen LogP contribution in [-0.4, -0.2) is 13.4 Å². The molecule has 0 aliphatic rings. The molecule has 49 heavy (non-hydrogen) atoms. The molecule has 13 rings (SSSR count). The normalized spacial score (nSPS) is 12.9. The Balaban J connectivity index is 1.36. The van der Waals surface area contributed by atoms with Gasteiger partial charge in [0, 0.05) is 59.5 Å². The standard InChI is InChI=1S/C46H25N3/c1-2-12-27(13-3-1)47-38-19-8-6-16-30(38)33-21-22-34-42-28-14-5-4-11-26(28)23-37-36-24-35-32-18-10-17-31-29-15-7-9-20-39(29)48(43(31)32)40(35)25-41(36)49(44(37)42)46(34)45(33)47/h1-25H. The van der Waals surface area contributed by atoms with Crippen molar-refractivity contribution >= 4 is 109 Å². The Kier molecular flexibility index (Phi) is 4.15. The van der Waals surface area contributed by atoms with Gasteiger partial charge < -0.3 is 13.4 Å². The number of rotatable bonds is 1. The molecule has 0 radical (unpaired) electrons. The van der Waals surface area contributed by atoms with Crippen LogP contribution in [0.3, 0.4) is 0 Å². The average Bonchev–Trinajstić information content (AvgIpc) is 3.94. The molecular weight excluding hydrogens is 595 g/mol. The summed E-state index contributed by atoms with van der Waals surface area (Å²) in [6.45, 7) is 0. The predicted octanol–water partition coefficient (Wildman–Crippen LogP) is 12.2. The molecule has 0 amide bonds. The van der Waals surface area contributed by atoms with Gasteiger partial charge in [-0.3, -0.25) is 0 Å². The monoisotopic (exact) mass is 619 g/mol. The van der Waals surface area contributed by atoms with E-state index < -0.39 is 0 Å². The molecule has 0 bridgehead atoms. The fourth-order valence-corrected chi connectivity index (χ4v) is 9.58. The second-order valence-corrected chi connectivity index (χ2v) is 13.7. The summed E-state index contributed by atoms with van der Waals surface area (Å²) in [5.41, 5.74) is 11.3. The molecule has 224 valence electrons. The largest absolute Gasteiger partial charge is 0.308 e. The molecule has 0 N–H and O–H groups in total. The fraction of sp³-hybridized carbons (Fsp3) is 0. The number of fused-ring (bicyclic) bond motifs is 18. The molecule has 3 heteroatoms. The summed E-state index contributed by atoms with van der Waals surface area (Å²) in [5.74, 6) is 0. The van der Waals surface area contributed by atoms with Crippen molar-refractivity contribution in [3.05, 3.63) is 152 Å². The van der Waals surface area contributed by atoms with Gasteiger partial charge in [-0.2, -0.15) is 0 Å². The maximum absolute atomic E-state index is 2.61. The summed E-state index contributed by atoms with van der Waals surface area (Å²) < 4.78 is 7.60. The van der Waals surface area contributed by atoms with Crippen LogP contribution in [0.1, 0.15) is 0 Å². The van der Waals surface area contributed by atoms with Crippen molar-refractivity contribution < 1.29 is 0 Å². The van der Waals surface area contributed by atoms with Crippen molar-refractivity contribution in [3.8, 4) is 5.69 Å². The molecule has 8 aromatic carbocycles. The van der Waals surface area contributed by atoms with Gasteiger partial charge >= 0.3 is 0 Å². The van der Waals surface area contributed by atoms with Crippen LogP contribution in [0.2, 0.25) is 0 Å². The quantitative estimate of drug-likeness (QED) is 0.174. The number of benzene rings is 8. The molecule has 0 fully saturated rings. The lowest BCUT2D eigenvalue weighted by Gasteiger charge is -2.09. The van der Waals surface area contributed by atoms with E-state index in [1.807, 2.05) is 0 Å². The smallest absolute Gasteiger partial charge is 0.0789 e. The maximum Gasteiger partial charge on any atom is 0.0789 e. The predicted molar refractivity (Wildman–Crippen MR) is 208 cm³/mol. The summed E-state index contributed by atoms with van der Waals surface area (Å²) in [6, 6.07) is 56.5. The van der Waals surface area contributed by atoms with Crippen molar-refractivity contribution in [2.24, 2.45) is 0 Å². The highest BCUT2D eigenvalue weighted by Crippen LogP contribution is 2.48. The van der Waals surface area contributed by atoms with E-state index in [2.05, 4.69) is 165 Å². The Morgan fingerprint density at radius 2 is 0.898 bits per heavy atom. The molecule has 13 aromatic rings. The van der Waals surface area contributed by atoms with E-state index in [1.54, 1.807) is 0 Å². The van der Waals surface area contributed by atoms with Gasteiger partial charge in [0.25, 0.3) is 0 Å². The number of hydrogen-bond acceptors (Lipinski definition) is 0. The Hall–Kier alpha value is -6.58. The summed E-state index contributed by atoms with van der Waals surface area (Å²) in [5, 5.41) is 15.6. The van der Waals surface area contributed by atoms with Gasteiger partial charge in [-0.25, -0.2) is 0 Å². The first-order valence-corrected chi connectivity index (χ1v) is 17.0. The van der Waals surface area contributed by atoms with Crippen LogP contribution in [-0.2, 0) is 0 Å². The average molecular weight is 620 g/mol. The third-order valence-electron chi connectivity index (χ3n) is 11.4. The van der Waals surface area contributed by atoms with Gasteiger partial charge in [-0.15, -0.1) is 0 Å². The second-order valence-electron chi connectivity index (χ2n) is 13.7. The van der Waals surface area contributed by atoms with Crippen LogP contribution in [0.4, 0.5) is 0 Å². The molecule has 0 saturated heterocycles. The van der Waals surface area contributed by atoms with Crippen LogP contribution in [0, 0.1) is 0 Å². The van der Waals surface area contributed by atoms with E-state index in [0.717, 1.165) is 0 Å². The maximum atomic E-state index is 2.61. The first kappa shape index (κ1) is 24.6. The molecule has 3 nitrogen and oxygen atoms in total. The first-order chi connectivity index (χ1) is 24.3. The molecule has 0 saturated carbocycles. The third kappa shape index (κ3) is 2.73. The zero-order chi connectivity index (χ0) is 31.5. The lowest BCUT2D eigenvalue weighted by molar-refractivity contribution is 1.18. The minimum absolute atomic E-state index is 1.17. The Bertz CT molecular complexity index is 3540. The molecule has 5 aromatic heterocycles. The van der Waals surface area contributed by atoms with E-state index >= 15 is 0 Å². The van der Waals surface area contributed by atoms with Crippen molar-refractivity contribution in [1.29, 1.82) is 0 Å². The molecule has 0 spiro atoms. The highest BCUT2D eigenvalue weighted by Gasteiger charge is 2.26. The van der Waals surface area contributed by atoms with E-state index in [-0.39, 0.29) is 0 Å². The number of hydrogen-bond donors (Lipinski definition) is 0. The molecule has 0 unspecified atom stereocenters. The van der Waals surface area contributed by atoms with Crippen molar-refractivity contribution in [1.82, 2.24) is 13.4 Å². The van der Waals surface area contributed by atoms with E-state index in [4.69, 9.17) is 0 Å². The van der Waals surface area contributed by atoms with Gasteiger partial charge in [-0.1, -0.05) is 109 Å². The summed E-state index contributed by atoms with van der Waals surface area (Å²) in [4.78, 5) is 0. The van der Waals surface area contributed by atoms with Gasteiger partial charge in [0.1, 0.15) is 0 Å². The molecule has 5 heterocycles. The van der Waals surface area contributed by atoms with Gasteiger partial charge in [0.2, 0.25) is 0 Å². The SMILES string of the molecule is c1ccc(-n2c3ccccc3c3ccc4c5c6ccccc6cc6c7cc8c9cccc%10c%11ccccc%11n(c8cc7n(c65)c4c32)c%109)cc1. The zero-order valence-corrected chi connectivity index (χ0v) is 26.3. The van der Waals surface area contributed by atoms with Crippen LogP contribution in [0.15, 0.2) is 152 Å². The van der Waals surface area contributed by atoms with Crippen molar-refractivity contribution in [3.63, 3.8) is 0 Å². The van der Waals surface area contributed by atoms with Gasteiger partial charge in [-0.05, 0) is 53.2 Å². The summed E-state index contributed by atoms with van der Waals surface area (Å²) in [6.07, 6.45) is 0. The Morgan fingerprint density at radius 3 is 1.76 bits per heavy atom. The first-order valence-electron chi connectivity index (χ1n) is 17.0. The summed E-state index contributed by atoms with van der Waals surface area (Å²) >= 11 is 0. The van der Waals surface area contributed by atoms with Crippen LogP contribution >= 0.6 is 0 Å².